The maximum atomic E-state index is 11.4. The quantitative estimate of drug-likeness (QED) is 0.778. The monoisotopic (exact) mass is 239 g/mol. The zero-order chi connectivity index (χ0) is 11.9. The van der Waals surface area contributed by atoms with E-state index in [-0.39, 0.29) is 11.3 Å². The summed E-state index contributed by atoms with van der Waals surface area (Å²) in [7, 11) is 0. The van der Waals surface area contributed by atoms with Gasteiger partial charge in [0.1, 0.15) is 0 Å². The standard InChI is InChI=1S/C13H21NO3/c15-12(16)10-8-14-11(7-9-1-2-9)13(10)3-5-17-6-4-13/h9-11,14H,1-8H2,(H,15,16)/t10-,11-/m0/s1. The second kappa shape index (κ2) is 4.25. The molecule has 3 aliphatic rings. The predicted molar refractivity (Wildman–Crippen MR) is 62.7 cm³/mol. The van der Waals surface area contributed by atoms with E-state index < -0.39 is 5.97 Å². The summed E-state index contributed by atoms with van der Waals surface area (Å²) < 4.78 is 5.43. The molecule has 0 aromatic carbocycles. The Balaban J connectivity index is 1.80. The van der Waals surface area contributed by atoms with Gasteiger partial charge in [-0.2, -0.15) is 0 Å². The van der Waals surface area contributed by atoms with Crippen molar-refractivity contribution in [1.82, 2.24) is 5.32 Å². The number of hydrogen-bond acceptors (Lipinski definition) is 3. The fraction of sp³-hybridized carbons (Fsp3) is 0.923. The van der Waals surface area contributed by atoms with Crippen molar-refractivity contribution in [2.45, 2.75) is 38.1 Å². The van der Waals surface area contributed by atoms with E-state index in [4.69, 9.17) is 4.74 Å². The number of aliphatic carboxylic acids is 1. The van der Waals surface area contributed by atoms with E-state index in [0.717, 1.165) is 32.0 Å². The summed E-state index contributed by atoms with van der Waals surface area (Å²) in [4.78, 5) is 11.4. The molecule has 3 fully saturated rings. The molecule has 2 aliphatic heterocycles. The van der Waals surface area contributed by atoms with Crippen LogP contribution in [0.25, 0.3) is 0 Å². The summed E-state index contributed by atoms with van der Waals surface area (Å²) in [6.07, 6.45) is 5.66. The molecule has 0 bridgehead atoms. The van der Waals surface area contributed by atoms with Crippen molar-refractivity contribution in [2.24, 2.45) is 17.3 Å². The van der Waals surface area contributed by atoms with E-state index in [2.05, 4.69) is 5.32 Å². The lowest BCUT2D eigenvalue weighted by atomic mass is 9.66. The molecular weight excluding hydrogens is 218 g/mol. The number of ether oxygens (including phenoxy) is 1. The van der Waals surface area contributed by atoms with Crippen LogP contribution in [-0.4, -0.2) is 36.9 Å². The first-order valence-electron chi connectivity index (χ1n) is 6.76. The average Bonchev–Trinajstić information content (AvgIpc) is 3.06. The van der Waals surface area contributed by atoms with Crippen LogP contribution < -0.4 is 5.32 Å². The summed E-state index contributed by atoms with van der Waals surface area (Å²) in [5.41, 5.74) is -0.0350. The van der Waals surface area contributed by atoms with Gasteiger partial charge in [-0.05, 0) is 25.2 Å². The Kier molecular flexibility index (Phi) is 2.87. The molecule has 3 rings (SSSR count). The number of carboxylic acid groups (broad SMARTS) is 1. The van der Waals surface area contributed by atoms with Crippen molar-refractivity contribution in [3.05, 3.63) is 0 Å². The van der Waals surface area contributed by atoms with Crippen molar-refractivity contribution in [3.8, 4) is 0 Å². The van der Waals surface area contributed by atoms with Crippen LogP contribution in [0.2, 0.25) is 0 Å². The Hall–Kier alpha value is -0.610. The van der Waals surface area contributed by atoms with Gasteiger partial charge in [0.15, 0.2) is 0 Å². The van der Waals surface area contributed by atoms with Crippen molar-refractivity contribution in [1.29, 1.82) is 0 Å². The highest BCUT2D eigenvalue weighted by molar-refractivity contribution is 5.72. The van der Waals surface area contributed by atoms with E-state index in [9.17, 15) is 9.90 Å². The van der Waals surface area contributed by atoms with Crippen LogP contribution in [-0.2, 0) is 9.53 Å². The lowest BCUT2D eigenvalue weighted by Crippen LogP contribution is -2.46. The highest BCUT2D eigenvalue weighted by Gasteiger charge is 2.54. The lowest BCUT2D eigenvalue weighted by molar-refractivity contribution is -0.148. The molecule has 96 valence electrons. The molecule has 0 amide bonds. The maximum Gasteiger partial charge on any atom is 0.308 e. The molecule has 4 nitrogen and oxygen atoms in total. The Bertz CT molecular complexity index is 308. The summed E-state index contributed by atoms with van der Waals surface area (Å²) in [6, 6.07) is 0.403. The Morgan fingerprint density at radius 1 is 1.35 bits per heavy atom. The molecule has 4 heteroatoms. The summed E-state index contributed by atoms with van der Waals surface area (Å²) in [5, 5.41) is 12.9. The van der Waals surface area contributed by atoms with Gasteiger partial charge in [0.2, 0.25) is 0 Å². The van der Waals surface area contributed by atoms with Gasteiger partial charge in [0.25, 0.3) is 0 Å². The van der Waals surface area contributed by atoms with Gasteiger partial charge in [0, 0.05) is 31.2 Å². The number of rotatable bonds is 3. The molecular formula is C13H21NO3. The SMILES string of the molecule is O=C(O)[C@@H]1CN[C@@H](CC2CC2)C12CCOCC2. The second-order valence-electron chi connectivity index (χ2n) is 5.88. The van der Waals surface area contributed by atoms with Crippen molar-refractivity contribution in [3.63, 3.8) is 0 Å². The van der Waals surface area contributed by atoms with Crippen molar-refractivity contribution < 1.29 is 14.6 Å². The van der Waals surface area contributed by atoms with Crippen LogP contribution in [0.1, 0.15) is 32.1 Å². The first-order chi connectivity index (χ1) is 8.22. The fourth-order valence-corrected chi connectivity index (χ4v) is 3.70. The molecule has 0 radical (unpaired) electrons. The molecule has 17 heavy (non-hydrogen) atoms. The van der Waals surface area contributed by atoms with Gasteiger partial charge in [-0.3, -0.25) is 4.79 Å². The van der Waals surface area contributed by atoms with Crippen molar-refractivity contribution in [2.75, 3.05) is 19.8 Å². The van der Waals surface area contributed by atoms with E-state index in [1.807, 2.05) is 0 Å². The number of carboxylic acids is 1. The third-order valence-corrected chi connectivity index (χ3v) is 4.94. The number of nitrogens with one attached hydrogen (secondary N) is 1. The van der Waals surface area contributed by atoms with Gasteiger partial charge in [-0.25, -0.2) is 0 Å². The average molecular weight is 239 g/mol. The summed E-state index contributed by atoms with van der Waals surface area (Å²) >= 11 is 0. The zero-order valence-electron chi connectivity index (χ0n) is 10.2. The number of hydrogen-bond donors (Lipinski definition) is 2. The minimum Gasteiger partial charge on any atom is -0.481 e. The summed E-state index contributed by atoms with van der Waals surface area (Å²) in [5.74, 6) is 0.00705. The fourth-order valence-electron chi connectivity index (χ4n) is 3.70. The molecule has 1 saturated carbocycles. The molecule has 1 spiro atoms. The van der Waals surface area contributed by atoms with Crippen LogP contribution >= 0.6 is 0 Å². The molecule has 0 unspecified atom stereocenters. The molecule has 2 atom stereocenters. The van der Waals surface area contributed by atoms with Crippen molar-refractivity contribution >= 4 is 5.97 Å². The predicted octanol–water partition coefficient (Wildman–Crippen LogP) is 1.26. The molecule has 2 N–H and O–H groups in total. The first kappa shape index (κ1) is 11.5. The van der Waals surface area contributed by atoms with E-state index >= 15 is 0 Å². The summed E-state index contributed by atoms with van der Waals surface area (Å²) in [6.45, 7) is 2.10. The lowest BCUT2D eigenvalue weighted by Gasteiger charge is -2.41. The molecule has 2 saturated heterocycles. The topological polar surface area (TPSA) is 58.6 Å². The van der Waals surface area contributed by atoms with E-state index in [1.165, 1.54) is 19.3 Å². The first-order valence-corrected chi connectivity index (χ1v) is 6.76. The van der Waals surface area contributed by atoms with Crippen LogP contribution in [0, 0.1) is 17.3 Å². The van der Waals surface area contributed by atoms with E-state index in [1.54, 1.807) is 0 Å². The van der Waals surface area contributed by atoms with Crippen LogP contribution in [0.15, 0.2) is 0 Å². The van der Waals surface area contributed by atoms with Crippen LogP contribution in [0.4, 0.5) is 0 Å². The third-order valence-electron chi connectivity index (χ3n) is 4.94. The second-order valence-corrected chi connectivity index (χ2v) is 5.88. The van der Waals surface area contributed by atoms with Gasteiger partial charge in [-0.1, -0.05) is 12.8 Å². The highest BCUT2D eigenvalue weighted by atomic mass is 16.5. The molecule has 1 aliphatic carbocycles. The van der Waals surface area contributed by atoms with Gasteiger partial charge in [-0.15, -0.1) is 0 Å². The van der Waals surface area contributed by atoms with Crippen LogP contribution in [0.3, 0.4) is 0 Å². The minimum absolute atomic E-state index is 0.0350. The molecule has 2 heterocycles. The van der Waals surface area contributed by atoms with Gasteiger partial charge >= 0.3 is 5.97 Å². The number of carbonyl (C=O) groups is 1. The maximum absolute atomic E-state index is 11.4. The minimum atomic E-state index is -0.627. The Morgan fingerprint density at radius 3 is 2.65 bits per heavy atom. The smallest absolute Gasteiger partial charge is 0.308 e. The Morgan fingerprint density at radius 2 is 2.06 bits per heavy atom. The molecule has 0 aromatic rings. The normalized spacial score (nSPS) is 36.2. The largest absolute Gasteiger partial charge is 0.481 e. The van der Waals surface area contributed by atoms with Gasteiger partial charge < -0.3 is 15.2 Å². The highest BCUT2D eigenvalue weighted by Crippen LogP contribution is 2.49. The Labute approximate surface area is 102 Å². The van der Waals surface area contributed by atoms with E-state index in [0.29, 0.717) is 12.6 Å². The zero-order valence-corrected chi connectivity index (χ0v) is 10.2. The van der Waals surface area contributed by atoms with Crippen LogP contribution in [0.5, 0.6) is 0 Å². The van der Waals surface area contributed by atoms with Gasteiger partial charge in [0.05, 0.1) is 5.92 Å². The molecule has 0 aromatic heterocycles. The third kappa shape index (κ3) is 1.97.